The number of carbonyl (C=O) groups is 1. The third kappa shape index (κ3) is 2.92. The van der Waals surface area contributed by atoms with Crippen molar-refractivity contribution < 1.29 is 4.79 Å². The van der Waals surface area contributed by atoms with Gasteiger partial charge in [0.05, 0.1) is 21.4 Å². The number of rotatable bonds is 2. The topological polar surface area (TPSA) is 59.2 Å². The lowest BCUT2D eigenvalue weighted by molar-refractivity contribution is 0.256. The molecular formula is C12H8Cl3N3O. The Hall–Kier alpha value is -1.49. The van der Waals surface area contributed by atoms with Crippen LogP contribution in [0.3, 0.4) is 0 Å². The van der Waals surface area contributed by atoms with Gasteiger partial charge in [-0.15, -0.1) is 0 Å². The highest BCUT2D eigenvalue weighted by Crippen LogP contribution is 2.39. The highest BCUT2D eigenvalue weighted by Gasteiger charge is 2.21. The number of anilines is 2. The van der Waals surface area contributed by atoms with Crippen molar-refractivity contribution in [1.29, 1.82) is 0 Å². The Morgan fingerprint density at radius 3 is 2.11 bits per heavy atom. The smallest absolute Gasteiger partial charge is 0.323 e. The maximum Gasteiger partial charge on any atom is 0.323 e. The lowest BCUT2D eigenvalue weighted by atomic mass is 10.2. The molecule has 0 radical (unpaired) electrons. The fourth-order valence-corrected chi connectivity index (χ4v) is 2.59. The SMILES string of the molecule is NC(=O)N(c1ccncc1)c1c(Cl)cc(Cl)cc1Cl. The number of carbonyl (C=O) groups excluding carboxylic acids is 1. The van der Waals surface area contributed by atoms with Gasteiger partial charge in [-0.3, -0.25) is 9.88 Å². The number of aromatic nitrogens is 1. The number of pyridine rings is 1. The fraction of sp³-hybridized carbons (Fsp3) is 0. The zero-order valence-electron chi connectivity index (χ0n) is 9.48. The van der Waals surface area contributed by atoms with Crippen molar-refractivity contribution >= 4 is 52.2 Å². The molecule has 0 saturated carbocycles. The molecule has 0 spiro atoms. The standard InChI is InChI=1S/C12H8Cl3N3O/c13-7-5-9(14)11(10(15)6-7)18(12(16)19)8-1-3-17-4-2-8/h1-6H,(H2,16,19). The predicted octanol–water partition coefficient (Wildman–Crippen LogP) is 4.26. The Labute approximate surface area is 124 Å². The number of hydrogen-bond acceptors (Lipinski definition) is 2. The molecule has 7 heteroatoms. The van der Waals surface area contributed by atoms with Crippen LogP contribution in [0, 0.1) is 0 Å². The van der Waals surface area contributed by atoms with Gasteiger partial charge in [0.2, 0.25) is 0 Å². The number of nitrogens with zero attached hydrogens (tertiary/aromatic N) is 2. The van der Waals surface area contributed by atoms with Gasteiger partial charge in [0.15, 0.2) is 0 Å². The second-order valence-electron chi connectivity index (χ2n) is 3.60. The molecule has 0 aliphatic heterocycles. The van der Waals surface area contributed by atoms with Crippen LogP contribution in [0.15, 0.2) is 36.7 Å². The van der Waals surface area contributed by atoms with Gasteiger partial charge in [-0.25, -0.2) is 4.79 Å². The molecule has 1 aromatic heterocycles. The maximum absolute atomic E-state index is 11.7. The van der Waals surface area contributed by atoms with Gasteiger partial charge in [0.25, 0.3) is 0 Å². The largest absolute Gasteiger partial charge is 0.351 e. The molecule has 2 rings (SSSR count). The summed E-state index contributed by atoms with van der Waals surface area (Å²) in [6.07, 6.45) is 3.06. The van der Waals surface area contributed by atoms with Crippen molar-refractivity contribution in [1.82, 2.24) is 4.98 Å². The average Bonchev–Trinajstić information content (AvgIpc) is 2.34. The van der Waals surface area contributed by atoms with Gasteiger partial charge in [0.1, 0.15) is 0 Å². The first-order chi connectivity index (χ1) is 9.00. The third-order valence-corrected chi connectivity index (χ3v) is 3.14. The number of hydrogen-bond donors (Lipinski definition) is 1. The fourth-order valence-electron chi connectivity index (χ4n) is 1.61. The average molecular weight is 317 g/mol. The summed E-state index contributed by atoms with van der Waals surface area (Å²) in [7, 11) is 0. The maximum atomic E-state index is 11.7. The molecule has 2 N–H and O–H groups in total. The van der Waals surface area contributed by atoms with Crippen LogP contribution in [0.2, 0.25) is 15.1 Å². The predicted molar refractivity (Wildman–Crippen MR) is 77.4 cm³/mol. The monoisotopic (exact) mass is 315 g/mol. The van der Waals surface area contributed by atoms with Crippen LogP contribution in [0.5, 0.6) is 0 Å². The first kappa shape index (κ1) is 13.9. The summed E-state index contributed by atoms with van der Waals surface area (Å²) in [5.41, 5.74) is 6.18. The Kier molecular flexibility index (Phi) is 4.14. The second-order valence-corrected chi connectivity index (χ2v) is 4.85. The van der Waals surface area contributed by atoms with Gasteiger partial charge >= 0.3 is 6.03 Å². The first-order valence-electron chi connectivity index (χ1n) is 5.15. The summed E-state index contributed by atoms with van der Waals surface area (Å²) in [4.78, 5) is 16.7. The van der Waals surface area contributed by atoms with E-state index in [0.29, 0.717) is 10.7 Å². The number of amides is 2. The molecule has 98 valence electrons. The van der Waals surface area contributed by atoms with Crippen molar-refractivity contribution in [2.24, 2.45) is 5.73 Å². The quantitative estimate of drug-likeness (QED) is 0.900. The van der Waals surface area contributed by atoms with E-state index in [1.54, 1.807) is 12.1 Å². The van der Waals surface area contributed by atoms with E-state index < -0.39 is 6.03 Å². The second kappa shape index (κ2) is 5.65. The van der Waals surface area contributed by atoms with E-state index >= 15 is 0 Å². The van der Waals surface area contributed by atoms with Gasteiger partial charge in [0, 0.05) is 17.4 Å². The molecule has 0 saturated heterocycles. The van der Waals surface area contributed by atoms with Crippen molar-refractivity contribution in [2.45, 2.75) is 0 Å². The summed E-state index contributed by atoms with van der Waals surface area (Å²) < 4.78 is 0. The molecule has 0 atom stereocenters. The summed E-state index contributed by atoms with van der Waals surface area (Å²) in [6, 6.07) is 5.50. The van der Waals surface area contributed by atoms with E-state index in [2.05, 4.69) is 4.98 Å². The van der Waals surface area contributed by atoms with E-state index in [9.17, 15) is 4.79 Å². The van der Waals surface area contributed by atoms with Crippen LogP contribution >= 0.6 is 34.8 Å². The highest BCUT2D eigenvalue weighted by atomic mass is 35.5. The lowest BCUT2D eigenvalue weighted by Crippen LogP contribution is -2.31. The van der Waals surface area contributed by atoms with Gasteiger partial charge in [-0.2, -0.15) is 0 Å². The highest BCUT2D eigenvalue weighted by molar-refractivity contribution is 6.42. The molecule has 19 heavy (non-hydrogen) atoms. The van der Waals surface area contributed by atoms with Crippen LogP contribution in [0.25, 0.3) is 0 Å². The summed E-state index contributed by atoms with van der Waals surface area (Å²) in [6.45, 7) is 0. The number of nitrogens with two attached hydrogens (primary N) is 1. The van der Waals surface area contributed by atoms with Crippen LogP contribution < -0.4 is 10.6 Å². The molecule has 1 aromatic carbocycles. The minimum absolute atomic E-state index is 0.230. The lowest BCUT2D eigenvalue weighted by Gasteiger charge is -2.22. The molecule has 2 amide bonds. The zero-order valence-corrected chi connectivity index (χ0v) is 11.7. The molecule has 0 aliphatic carbocycles. The normalized spacial score (nSPS) is 10.3. The van der Waals surface area contributed by atoms with Crippen LogP contribution in [-0.4, -0.2) is 11.0 Å². The molecule has 0 fully saturated rings. The van der Waals surface area contributed by atoms with Crippen LogP contribution in [0.4, 0.5) is 16.2 Å². The Morgan fingerprint density at radius 1 is 1.11 bits per heavy atom. The van der Waals surface area contributed by atoms with Gasteiger partial charge < -0.3 is 5.73 Å². The molecule has 0 aliphatic rings. The molecule has 2 aromatic rings. The number of halogens is 3. The molecular weight excluding hydrogens is 309 g/mol. The van der Waals surface area contributed by atoms with Crippen LogP contribution in [0.1, 0.15) is 0 Å². The van der Waals surface area contributed by atoms with Crippen molar-refractivity contribution in [2.75, 3.05) is 4.90 Å². The zero-order chi connectivity index (χ0) is 14.0. The number of benzene rings is 1. The van der Waals surface area contributed by atoms with Crippen molar-refractivity contribution in [3.8, 4) is 0 Å². The summed E-state index contributed by atoms with van der Waals surface area (Å²) >= 11 is 18.0. The van der Waals surface area contributed by atoms with E-state index in [-0.39, 0.29) is 15.7 Å². The van der Waals surface area contributed by atoms with E-state index in [1.165, 1.54) is 29.4 Å². The van der Waals surface area contributed by atoms with Gasteiger partial charge in [-0.1, -0.05) is 34.8 Å². The van der Waals surface area contributed by atoms with Crippen LogP contribution in [-0.2, 0) is 0 Å². The van der Waals surface area contributed by atoms with E-state index in [0.717, 1.165) is 0 Å². The van der Waals surface area contributed by atoms with E-state index in [4.69, 9.17) is 40.5 Å². The number of primary amides is 1. The van der Waals surface area contributed by atoms with Gasteiger partial charge in [-0.05, 0) is 24.3 Å². The van der Waals surface area contributed by atoms with Crippen molar-refractivity contribution in [3.63, 3.8) is 0 Å². The molecule has 0 unspecified atom stereocenters. The minimum atomic E-state index is -0.711. The Morgan fingerprint density at radius 2 is 1.63 bits per heavy atom. The summed E-state index contributed by atoms with van der Waals surface area (Å²) in [5.74, 6) is 0. The molecule has 4 nitrogen and oxygen atoms in total. The molecule has 1 heterocycles. The minimum Gasteiger partial charge on any atom is -0.351 e. The third-order valence-electron chi connectivity index (χ3n) is 2.35. The van der Waals surface area contributed by atoms with E-state index in [1.807, 2.05) is 0 Å². The Balaban J connectivity index is 2.62. The Bertz CT molecular complexity index is 596. The molecule has 0 bridgehead atoms. The number of urea groups is 1. The van der Waals surface area contributed by atoms with Crippen molar-refractivity contribution in [3.05, 3.63) is 51.7 Å². The first-order valence-corrected chi connectivity index (χ1v) is 6.28. The summed E-state index contributed by atoms with van der Waals surface area (Å²) in [5, 5.41) is 0.833.